The summed E-state index contributed by atoms with van der Waals surface area (Å²) in [6.07, 6.45) is 5.92. The van der Waals surface area contributed by atoms with Gasteiger partial charge in [0.15, 0.2) is 11.6 Å². The van der Waals surface area contributed by atoms with E-state index in [1.807, 2.05) is 19.1 Å². The molecular weight excluding hydrogens is 526 g/mol. The minimum absolute atomic E-state index is 0.0409. The van der Waals surface area contributed by atoms with Gasteiger partial charge in [-0.3, -0.25) is 19.2 Å². The molecule has 40 heavy (non-hydrogen) atoms. The van der Waals surface area contributed by atoms with Gasteiger partial charge in [-0.15, -0.1) is 6.58 Å². The maximum absolute atomic E-state index is 14.0. The first-order valence-corrected chi connectivity index (χ1v) is 13.8. The second-order valence-corrected chi connectivity index (χ2v) is 11.4. The second kappa shape index (κ2) is 9.56. The Hall–Kier alpha value is -4.03. The standard InChI is InChI=1S/C33H28ClNO5/c1-4-6-18-7-5-8-21(31(18)38)27-20-11-12-22-28(23(20)15-24-29(27)26(36)13-17(3)30(24)37)33(40)35(32(22)39)19-10-9-16(2)25(34)14-19/h4-5,7-11,13-14,22-23,27-28,38H,1,6,12,15H2,2-3H3. The minimum Gasteiger partial charge on any atom is -0.507 e. The number of phenols is 1. The van der Waals surface area contributed by atoms with Gasteiger partial charge in [0, 0.05) is 33.2 Å². The number of carbonyl (C=O) groups is 4. The molecule has 1 N–H and O–H groups in total. The molecule has 0 radical (unpaired) electrons. The molecule has 6 rings (SSSR count). The molecule has 0 bridgehead atoms. The Morgan fingerprint density at radius 2 is 1.85 bits per heavy atom. The Balaban J connectivity index is 1.50. The molecule has 202 valence electrons. The first kappa shape index (κ1) is 26.2. The zero-order valence-corrected chi connectivity index (χ0v) is 23.0. The summed E-state index contributed by atoms with van der Waals surface area (Å²) < 4.78 is 0. The lowest BCUT2D eigenvalue weighted by atomic mass is 9.59. The smallest absolute Gasteiger partial charge is 0.238 e. The molecule has 2 amide bonds. The van der Waals surface area contributed by atoms with E-state index in [0.29, 0.717) is 51.4 Å². The topological polar surface area (TPSA) is 91.8 Å². The van der Waals surface area contributed by atoms with Gasteiger partial charge >= 0.3 is 0 Å². The summed E-state index contributed by atoms with van der Waals surface area (Å²) in [4.78, 5) is 55.8. The van der Waals surface area contributed by atoms with Crippen molar-refractivity contribution >= 4 is 40.7 Å². The second-order valence-electron chi connectivity index (χ2n) is 11.0. The average Bonchev–Trinajstić information content (AvgIpc) is 3.19. The molecule has 1 heterocycles. The van der Waals surface area contributed by atoms with Crippen molar-refractivity contribution in [3.05, 3.63) is 105 Å². The van der Waals surface area contributed by atoms with E-state index in [9.17, 15) is 24.3 Å². The maximum Gasteiger partial charge on any atom is 0.238 e. The van der Waals surface area contributed by atoms with Crippen LogP contribution in [0, 0.1) is 24.7 Å². The van der Waals surface area contributed by atoms with Gasteiger partial charge < -0.3 is 5.11 Å². The molecule has 7 heteroatoms. The summed E-state index contributed by atoms with van der Waals surface area (Å²) in [6, 6.07) is 10.5. The number of imide groups is 1. The van der Waals surface area contributed by atoms with Crippen molar-refractivity contribution in [2.24, 2.45) is 17.8 Å². The fourth-order valence-electron chi connectivity index (χ4n) is 6.88. The number of hydrogen-bond donors (Lipinski definition) is 1. The molecule has 0 spiro atoms. The number of Topliss-reactive ketones (excluding diaryl/α,β-unsaturated/α-hetero) is 1. The highest BCUT2D eigenvalue weighted by Gasteiger charge is 2.56. The molecule has 4 aliphatic rings. The minimum atomic E-state index is -0.703. The van der Waals surface area contributed by atoms with Crippen LogP contribution >= 0.6 is 11.6 Å². The van der Waals surface area contributed by atoms with Gasteiger partial charge in [-0.1, -0.05) is 53.6 Å². The number of hydrogen-bond acceptors (Lipinski definition) is 5. The fraction of sp³-hybridized carbons (Fsp3) is 0.273. The SMILES string of the molecule is C=CCc1cccc(C2C3=CCC4C(=O)N(c5ccc(C)c(Cl)c5)C(=O)C4C3CC3=C2C(=O)C=C(C)C3=O)c1O. The van der Waals surface area contributed by atoms with Crippen molar-refractivity contribution in [2.75, 3.05) is 4.90 Å². The molecule has 4 unspecified atom stereocenters. The molecule has 1 aliphatic heterocycles. The molecule has 1 saturated heterocycles. The number of anilines is 1. The van der Waals surface area contributed by atoms with E-state index in [4.69, 9.17) is 11.6 Å². The Kier molecular flexibility index (Phi) is 6.26. The first-order chi connectivity index (χ1) is 19.1. The van der Waals surface area contributed by atoms with Crippen molar-refractivity contribution < 1.29 is 24.3 Å². The number of aromatic hydroxyl groups is 1. The van der Waals surface area contributed by atoms with E-state index in [2.05, 4.69) is 6.58 Å². The van der Waals surface area contributed by atoms with Crippen LogP contribution in [0.1, 0.15) is 42.4 Å². The molecule has 4 atom stereocenters. The number of nitrogens with zero attached hydrogens (tertiary/aromatic N) is 1. The lowest BCUT2D eigenvalue weighted by Gasteiger charge is -2.42. The molecule has 6 nitrogen and oxygen atoms in total. The first-order valence-electron chi connectivity index (χ1n) is 13.4. The quantitative estimate of drug-likeness (QED) is 0.297. The van der Waals surface area contributed by atoms with Crippen LogP contribution in [0.2, 0.25) is 5.02 Å². The normalized spacial score (nSPS) is 25.8. The zero-order chi connectivity index (χ0) is 28.5. The van der Waals surface area contributed by atoms with E-state index in [1.54, 1.807) is 43.3 Å². The Labute approximate surface area is 237 Å². The predicted molar refractivity (Wildman–Crippen MR) is 152 cm³/mol. The molecule has 3 aliphatic carbocycles. The Morgan fingerprint density at radius 1 is 1.07 bits per heavy atom. The summed E-state index contributed by atoms with van der Waals surface area (Å²) in [6.45, 7) is 7.24. The number of phenolic OH excluding ortho intramolecular Hbond substituents is 1. The van der Waals surface area contributed by atoms with Crippen LogP contribution in [-0.2, 0) is 25.6 Å². The van der Waals surface area contributed by atoms with E-state index < -0.39 is 23.7 Å². The van der Waals surface area contributed by atoms with Crippen LogP contribution in [0.15, 0.2) is 83.5 Å². The number of rotatable bonds is 4. The van der Waals surface area contributed by atoms with Gasteiger partial charge in [0.2, 0.25) is 11.8 Å². The summed E-state index contributed by atoms with van der Waals surface area (Å²) in [5.74, 6) is -3.55. The van der Waals surface area contributed by atoms with E-state index in [1.165, 1.54) is 11.0 Å². The van der Waals surface area contributed by atoms with Crippen LogP contribution in [0.5, 0.6) is 5.75 Å². The molecule has 1 fully saturated rings. The van der Waals surface area contributed by atoms with Crippen LogP contribution < -0.4 is 4.90 Å². The lowest BCUT2D eigenvalue weighted by Crippen LogP contribution is -2.39. The number of fused-ring (bicyclic) bond motifs is 3. The molecule has 0 aromatic heterocycles. The van der Waals surface area contributed by atoms with Gasteiger partial charge in [0.1, 0.15) is 5.75 Å². The number of halogens is 1. The summed E-state index contributed by atoms with van der Waals surface area (Å²) >= 11 is 6.34. The van der Waals surface area contributed by atoms with E-state index in [-0.39, 0.29) is 35.6 Å². The molecule has 2 aromatic carbocycles. The third-order valence-electron chi connectivity index (χ3n) is 8.80. The van der Waals surface area contributed by atoms with Crippen molar-refractivity contribution in [3.8, 4) is 5.75 Å². The third kappa shape index (κ3) is 3.77. The van der Waals surface area contributed by atoms with Gasteiger partial charge in [0.25, 0.3) is 0 Å². The fourth-order valence-corrected chi connectivity index (χ4v) is 7.05. The monoisotopic (exact) mass is 553 g/mol. The number of carbonyl (C=O) groups excluding carboxylic acids is 4. The number of allylic oxidation sites excluding steroid dienone is 7. The highest BCUT2D eigenvalue weighted by Crippen LogP contribution is 2.56. The van der Waals surface area contributed by atoms with E-state index in [0.717, 1.165) is 11.1 Å². The predicted octanol–water partition coefficient (Wildman–Crippen LogP) is 5.72. The summed E-state index contributed by atoms with van der Waals surface area (Å²) in [5.41, 5.74) is 4.28. The summed E-state index contributed by atoms with van der Waals surface area (Å²) in [5, 5.41) is 11.8. The van der Waals surface area contributed by atoms with Gasteiger partial charge in [-0.05, 0) is 68.4 Å². The summed E-state index contributed by atoms with van der Waals surface area (Å²) in [7, 11) is 0. The van der Waals surface area contributed by atoms with Crippen LogP contribution in [0.3, 0.4) is 0 Å². The van der Waals surface area contributed by atoms with Crippen molar-refractivity contribution in [2.45, 2.75) is 39.0 Å². The highest BCUT2D eigenvalue weighted by molar-refractivity contribution is 6.32. The number of aryl methyl sites for hydroxylation is 1. The largest absolute Gasteiger partial charge is 0.507 e. The lowest BCUT2D eigenvalue weighted by molar-refractivity contribution is -0.123. The molecule has 2 aromatic rings. The van der Waals surface area contributed by atoms with Gasteiger partial charge in [-0.25, -0.2) is 4.90 Å². The van der Waals surface area contributed by atoms with Crippen molar-refractivity contribution in [1.82, 2.24) is 0 Å². The maximum atomic E-state index is 14.0. The van der Waals surface area contributed by atoms with Crippen molar-refractivity contribution in [3.63, 3.8) is 0 Å². The Morgan fingerprint density at radius 3 is 2.58 bits per heavy atom. The Bertz CT molecular complexity index is 1640. The van der Waals surface area contributed by atoms with E-state index >= 15 is 0 Å². The van der Waals surface area contributed by atoms with Crippen LogP contribution in [-0.4, -0.2) is 28.5 Å². The number of para-hydroxylation sites is 1. The van der Waals surface area contributed by atoms with Crippen LogP contribution in [0.4, 0.5) is 5.69 Å². The average molecular weight is 554 g/mol. The number of benzene rings is 2. The third-order valence-corrected chi connectivity index (χ3v) is 9.21. The highest BCUT2D eigenvalue weighted by atomic mass is 35.5. The van der Waals surface area contributed by atoms with Crippen molar-refractivity contribution in [1.29, 1.82) is 0 Å². The zero-order valence-electron chi connectivity index (χ0n) is 22.2. The number of amides is 2. The molecular formula is C33H28ClNO5. The van der Waals surface area contributed by atoms with Gasteiger partial charge in [0.05, 0.1) is 17.5 Å². The molecule has 0 saturated carbocycles. The van der Waals surface area contributed by atoms with Gasteiger partial charge in [-0.2, -0.15) is 0 Å². The van der Waals surface area contributed by atoms with Crippen LogP contribution in [0.25, 0.3) is 0 Å². The number of ketones is 2.